The second-order valence-electron chi connectivity index (χ2n) is 7.30. The van der Waals surface area contributed by atoms with E-state index in [9.17, 15) is 9.59 Å². The number of ether oxygens (including phenoxy) is 1. The standard InChI is InChI=1S/C20H28N2O3.ClH/c1-3-25-18(23)12-17(15-7-5-4-6-14(15)2)22-19(24)16-13-20(16)8-10-21-11-9-20;/h4-7,16-17,21H,3,8-13H2,1-2H3,(H,22,24);1H. The molecule has 144 valence electrons. The van der Waals surface area contributed by atoms with Crippen molar-refractivity contribution in [2.75, 3.05) is 19.7 Å². The molecule has 26 heavy (non-hydrogen) atoms. The Morgan fingerprint density at radius 3 is 2.65 bits per heavy atom. The molecule has 2 fully saturated rings. The van der Waals surface area contributed by atoms with Gasteiger partial charge in [-0.3, -0.25) is 9.59 Å². The number of halogens is 1. The minimum atomic E-state index is -0.327. The molecule has 1 spiro atoms. The number of rotatable bonds is 6. The fourth-order valence-corrected chi connectivity index (χ4v) is 4.07. The van der Waals surface area contributed by atoms with Crippen molar-refractivity contribution in [3.63, 3.8) is 0 Å². The fourth-order valence-electron chi connectivity index (χ4n) is 4.07. The lowest BCUT2D eigenvalue weighted by atomic mass is 9.91. The van der Waals surface area contributed by atoms with Gasteiger partial charge in [0.15, 0.2) is 0 Å². The molecule has 1 saturated carbocycles. The second kappa shape index (κ2) is 8.87. The predicted molar refractivity (Wildman–Crippen MR) is 103 cm³/mol. The van der Waals surface area contributed by atoms with Crippen LogP contribution in [0.5, 0.6) is 0 Å². The SMILES string of the molecule is CCOC(=O)CC(NC(=O)C1CC12CCNCC2)c1ccccc1C.Cl. The van der Waals surface area contributed by atoms with Crippen LogP contribution in [0.25, 0.3) is 0 Å². The molecule has 1 aromatic rings. The second-order valence-corrected chi connectivity index (χ2v) is 7.30. The zero-order chi connectivity index (χ0) is 17.9. The van der Waals surface area contributed by atoms with Gasteiger partial charge in [0.2, 0.25) is 5.91 Å². The highest BCUT2D eigenvalue weighted by atomic mass is 35.5. The quantitative estimate of drug-likeness (QED) is 0.744. The molecule has 0 bridgehead atoms. The topological polar surface area (TPSA) is 67.4 Å². The van der Waals surface area contributed by atoms with E-state index >= 15 is 0 Å². The zero-order valence-electron chi connectivity index (χ0n) is 15.5. The van der Waals surface area contributed by atoms with E-state index in [4.69, 9.17) is 4.74 Å². The highest BCUT2D eigenvalue weighted by Gasteiger charge is 2.57. The number of esters is 1. The van der Waals surface area contributed by atoms with E-state index in [0.29, 0.717) is 6.61 Å². The van der Waals surface area contributed by atoms with E-state index in [-0.39, 0.29) is 48.1 Å². The molecule has 1 aliphatic carbocycles. The average Bonchev–Trinajstić information content (AvgIpc) is 3.29. The Kier molecular flexibility index (Phi) is 7.07. The van der Waals surface area contributed by atoms with Crippen LogP contribution in [0.2, 0.25) is 0 Å². The Labute approximate surface area is 161 Å². The molecule has 2 N–H and O–H groups in total. The summed E-state index contributed by atoms with van der Waals surface area (Å²) in [7, 11) is 0. The lowest BCUT2D eigenvalue weighted by Gasteiger charge is -2.25. The van der Waals surface area contributed by atoms with Gasteiger partial charge in [0, 0.05) is 5.92 Å². The molecule has 1 amide bonds. The fraction of sp³-hybridized carbons (Fsp3) is 0.600. The van der Waals surface area contributed by atoms with Crippen molar-refractivity contribution in [3.8, 4) is 0 Å². The molecule has 3 rings (SSSR count). The van der Waals surface area contributed by atoms with E-state index in [1.54, 1.807) is 6.92 Å². The smallest absolute Gasteiger partial charge is 0.308 e. The molecular weight excluding hydrogens is 352 g/mol. The maximum absolute atomic E-state index is 12.8. The maximum atomic E-state index is 12.8. The van der Waals surface area contributed by atoms with Gasteiger partial charge >= 0.3 is 5.97 Å². The van der Waals surface area contributed by atoms with Gasteiger partial charge in [0.25, 0.3) is 0 Å². The van der Waals surface area contributed by atoms with E-state index in [0.717, 1.165) is 43.5 Å². The third-order valence-electron chi connectivity index (χ3n) is 5.66. The lowest BCUT2D eigenvalue weighted by molar-refractivity contribution is -0.143. The van der Waals surface area contributed by atoms with Crippen LogP contribution >= 0.6 is 12.4 Å². The molecule has 5 nitrogen and oxygen atoms in total. The number of hydrogen-bond acceptors (Lipinski definition) is 4. The van der Waals surface area contributed by atoms with Crippen molar-refractivity contribution in [2.45, 2.75) is 45.6 Å². The van der Waals surface area contributed by atoms with Crippen molar-refractivity contribution in [2.24, 2.45) is 11.3 Å². The summed E-state index contributed by atoms with van der Waals surface area (Å²) in [5.41, 5.74) is 2.25. The highest BCUT2D eigenvalue weighted by molar-refractivity contribution is 5.85. The number of benzene rings is 1. The van der Waals surface area contributed by atoms with Crippen molar-refractivity contribution in [3.05, 3.63) is 35.4 Å². The van der Waals surface area contributed by atoms with E-state index in [1.807, 2.05) is 31.2 Å². The van der Waals surface area contributed by atoms with E-state index < -0.39 is 0 Å². The molecule has 2 atom stereocenters. The van der Waals surface area contributed by atoms with Crippen LogP contribution in [-0.2, 0) is 14.3 Å². The number of aryl methyl sites for hydroxylation is 1. The molecule has 0 aromatic heterocycles. The average molecular weight is 381 g/mol. The summed E-state index contributed by atoms with van der Waals surface area (Å²) < 4.78 is 5.10. The summed E-state index contributed by atoms with van der Waals surface area (Å²) in [6.07, 6.45) is 3.28. The molecule has 1 aromatic carbocycles. The van der Waals surface area contributed by atoms with Crippen LogP contribution in [0.4, 0.5) is 0 Å². The summed E-state index contributed by atoms with van der Waals surface area (Å²) in [5, 5.41) is 6.50. The minimum absolute atomic E-state index is 0. The van der Waals surface area contributed by atoms with Gasteiger partial charge in [-0.05, 0) is 62.7 Å². The minimum Gasteiger partial charge on any atom is -0.466 e. The maximum Gasteiger partial charge on any atom is 0.308 e. The summed E-state index contributed by atoms with van der Waals surface area (Å²) >= 11 is 0. The van der Waals surface area contributed by atoms with E-state index in [2.05, 4.69) is 10.6 Å². The Morgan fingerprint density at radius 2 is 2.00 bits per heavy atom. The molecule has 2 unspecified atom stereocenters. The number of piperidine rings is 1. The first-order valence-electron chi connectivity index (χ1n) is 9.28. The summed E-state index contributed by atoms with van der Waals surface area (Å²) in [4.78, 5) is 24.8. The third kappa shape index (κ3) is 4.57. The van der Waals surface area contributed by atoms with Crippen LogP contribution in [0.1, 0.15) is 49.8 Å². The number of hydrogen-bond donors (Lipinski definition) is 2. The van der Waals surface area contributed by atoms with Crippen LogP contribution in [0.15, 0.2) is 24.3 Å². The summed E-state index contributed by atoms with van der Waals surface area (Å²) in [5.74, 6) is -0.105. The number of amides is 1. The largest absolute Gasteiger partial charge is 0.466 e. The lowest BCUT2D eigenvalue weighted by Crippen LogP contribution is -2.36. The first-order valence-corrected chi connectivity index (χ1v) is 9.28. The van der Waals surface area contributed by atoms with Crippen LogP contribution < -0.4 is 10.6 Å². The Balaban J connectivity index is 0.00000243. The number of carbonyl (C=O) groups excluding carboxylic acids is 2. The molecule has 6 heteroatoms. The molecule has 1 heterocycles. The normalized spacial score (nSPS) is 21.4. The number of carbonyl (C=O) groups is 2. The van der Waals surface area contributed by atoms with Gasteiger partial charge in [0.05, 0.1) is 19.1 Å². The Bertz CT molecular complexity index is 644. The van der Waals surface area contributed by atoms with Crippen molar-refractivity contribution < 1.29 is 14.3 Å². The summed E-state index contributed by atoms with van der Waals surface area (Å²) in [6.45, 7) is 6.14. The van der Waals surface area contributed by atoms with Crippen molar-refractivity contribution in [1.82, 2.24) is 10.6 Å². The van der Waals surface area contributed by atoms with Crippen LogP contribution in [0.3, 0.4) is 0 Å². The Hall–Kier alpha value is -1.59. The highest BCUT2D eigenvalue weighted by Crippen LogP contribution is 2.58. The van der Waals surface area contributed by atoms with Gasteiger partial charge in [-0.25, -0.2) is 0 Å². The first-order chi connectivity index (χ1) is 12.1. The molecule has 0 radical (unpaired) electrons. The molecular formula is C20H29ClN2O3. The monoisotopic (exact) mass is 380 g/mol. The van der Waals surface area contributed by atoms with Crippen LogP contribution in [0, 0.1) is 18.3 Å². The van der Waals surface area contributed by atoms with Gasteiger partial charge in [-0.15, -0.1) is 12.4 Å². The van der Waals surface area contributed by atoms with Gasteiger partial charge in [0.1, 0.15) is 0 Å². The van der Waals surface area contributed by atoms with Gasteiger partial charge in [-0.1, -0.05) is 24.3 Å². The van der Waals surface area contributed by atoms with Gasteiger partial charge in [-0.2, -0.15) is 0 Å². The summed E-state index contributed by atoms with van der Waals surface area (Å²) in [6, 6.07) is 7.56. The molecule has 1 saturated heterocycles. The first kappa shape index (κ1) is 20.7. The van der Waals surface area contributed by atoms with Crippen molar-refractivity contribution in [1.29, 1.82) is 0 Å². The Morgan fingerprint density at radius 1 is 1.31 bits per heavy atom. The van der Waals surface area contributed by atoms with E-state index in [1.165, 1.54) is 0 Å². The third-order valence-corrected chi connectivity index (χ3v) is 5.66. The molecule has 2 aliphatic rings. The predicted octanol–water partition coefficient (Wildman–Crippen LogP) is 2.92. The zero-order valence-corrected chi connectivity index (χ0v) is 16.4. The van der Waals surface area contributed by atoms with Crippen LogP contribution in [-0.4, -0.2) is 31.6 Å². The van der Waals surface area contributed by atoms with Gasteiger partial charge < -0.3 is 15.4 Å². The number of nitrogens with one attached hydrogen (secondary N) is 2. The molecule has 1 aliphatic heterocycles. The van der Waals surface area contributed by atoms with Crippen molar-refractivity contribution >= 4 is 24.3 Å².